The number of ether oxygens (including phenoxy) is 1. The zero-order valence-electron chi connectivity index (χ0n) is 25.5. The molecule has 1 amide bonds. The molecule has 3 aromatic rings. The van der Waals surface area contributed by atoms with Crippen molar-refractivity contribution in [1.82, 2.24) is 8.61 Å². The third-order valence-electron chi connectivity index (χ3n) is 7.85. The number of rotatable bonds is 10. The summed E-state index contributed by atoms with van der Waals surface area (Å²) in [5, 5.41) is 0. The van der Waals surface area contributed by atoms with Gasteiger partial charge in [-0.25, -0.2) is 17.0 Å². The first kappa shape index (κ1) is 32.0. The Bertz CT molecular complexity index is 1770. The van der Waals surface area contributed by atoms with Gasteiger partial charge in [-0.2, -0.15) is 12.7 Å². The van der Waals surface area contributed by atoms with Gasteiger partial charge >= 0.3 is 10.2 Å². The van der Waals surface area contributed by atoms with Crippen molar-refractivity contribution in [3.8, 4) is 5.75 Å². The maximum atomic E-state index is 13.6. The van der Waals surface area contributed by atoms with Crippen molar-refractivity contribution in [3.63, 3.8) is 0 Å². The molecule has 12 heteroatoms. The van der Waals surface area contributed by atoms with Gasteiger partial charge in [0.25, 0.3) is 5.91 Å². The Kier molecular flexibility index (Phi) is 9.08. The summed E-state index contributed by atoms with van der Waals surface area (Å²) in [5.41, 5.74) is 3.99. The normalized spacial score (nSPS) is 19.0. The van der Waals surface area contributed by atoms with Crippen LogP contribution in [0.15, 0.2) is 78.9 Å². The highest BCUT2D eigenvalue weighted by Crippen LogP contribution is 2.36. The molecular weight excluding hydrogens is 615 g/mol. The van der Waals surface area contributed by atoms with E-state index in [-0.39, 0.29) is 31.4 Å². The summed E-state index contributed by atoms with van der Waals surface area (Å²) < 4.78 is 62.4. The van der Waals surface area contributed by atoms with Gasteiger partial charge in [0.2, 0.25) is 10.0 Å². The number of anilines is 1. The molecule has 0 aliphatic carbocycles. The molecule has 0 N–H and O–H groups in total. The van der Waals surface area contributed by atoms with E-state index in [1.54, 1.807) is 18.2 Å². The van der Waals surface area contributed by atoms with Gasteiger partial charge in [0.15, 0.2) is 0 Å². The number of amides is 1. The molecule has 1 fully saturated rings. The fourth-order valence-corrected chi connectivity index (χ4v) is 9.00. The molecule has 2 aliphatic heterocycles. The largest absolute Gasteiger partial charge is 0.487 e. The van der Waals surface area contributed by atoms with Crippen molar-refractivity contribution in [2.75, 3.05) is 23.7 Å². The molecule has 0 saturated carbocycles. The molecule has 2 aliphatic rings. The Morgan fingerprint density at radius 2 is 1.64 bits per heavy atom. The minimum absolute atomic E-state index is 0.162. The van der Waals surface area contributed by atoms with Crippen LogP contribution in [-0.4, -0.2) is 64.8 Å². The van der Waals surface area contributed by atoms with Gasteiger partial charge in [0, 0.05) is 27.2 Å². The van der Waals surface area contributed by atoms with Crippen molar-refractivity contribution in [1.29, 1.82) is 0 Å². The Morgan fingerprint density at radius 3 is 2.32 bits per heavy atom. The Balaban J connectivity index is 1.46. The molecular formula is C32H39N3O6S2Si. The second kappa shape index (κ2) is 12.5. The standard InChI is InChI=1S/C32H39N3O6S2Si/c1-42(37,38)34-22-28-13-9-8-12-27(28)21-29(34)16-14-25-15-17-30(31(20-25)41-24-26-10-6-5-7-11-26)35-23-32(36)33(43(35,39)40)18-19-44(2,3)4/h5-17,20,29H,18-19,21-24H2,1-4H3. The van der Waals surface area contributed by atoms with Gasteiger partial charge in [-0.1, -0.05) is 92.5 Å². The van der Waals surface area contributed by atoms with Crippen LogP contribution in [-0.2, 0) is 44.6 Å². The first-order valence-corrected chi connectivity index (χ1v) is 21.5. The summed E-state index contributed by atoms with van der Waals surface area (Å²) in [6.45, 7) is 6.78. The highest BCUT2D eigenvalue weighted by molar-refractivity contribution is 7.91. The summed E-state index contributed by atoms with van der Waals surface area (Å²) >= 11 is 0. The lowest BCUT2D eigenvalue weighted by Gasteiger charge is -2.33. The topological polar surface area (TPSA) is 104 Å². The lowest BCUT2D eigenvalue weighted by atomic mass is 9.95. The minimum atomic E-state index is -4.08. The zero-order valence-corrected chi connectivity index (χ0v) is 28.1. The SMILES string of the molecule is C[Si](C)(C)CCN1C(=O)CN(c2ccc(C=CC3Cc4ccccc4CN3S(C)(=O)=O)cc2OCc2ccccc2)S1(=O)=O. The number of fused-ring (bicyclic) bond motifs is 1. The quantitative estimate of drug-likeness (QED) is 0.289. The molecule has 5 rings (SSSR count). The molecule has 1 saturated heterocycles. The number of sulfonamides is 1. The summed E-state index contributed by atoms with van der Waals surface area (Å²) in [5.74, 6) is -0.145. The van der Waals surface area contributed by atoms with E-state index < -0.39 is 34.2 Å². The Labute approximate surface area is 262 Å². The van der Waals surface area contributed by atoms with E-state index in [0.717, 1.165) is 25.3 Å². The first-order chi connectivity index (χ1) is 20.7. The monoisotopic (exact) mass is 653 g/mol. The molecule has 44 heavy (non-hydrogen) atoms. The predicted octanol–water partition coefficient (Wildman–Crippen LogP) is 4.90. The average molecular weight is 654 g/mol. The number of carbonyl (C=O) groups is 1. The summed E-state index contributed by atoms with van der Waals surface area (Å²) in [7, 11) is -9.16. The smallest absolute Gasteiger partial charge is 0.329 e. The van der Waals surface area contributed by atoms with Crippen molar-refractivity contribution < 1.29 is 26.4 Å². The van der Waals surface area contributed by atoms with E-state index in [9.17, 15) is 21.6 Å². The number of carbonyl (C=O) groups excluding carboxylic acids is 1. The summed E-state index contributed by atoms with van der Waals surface area (Å²) in [4.78, 5) is 12.9. The lowest BCUT2D eigenvalue weighted by molar-refractivity contribution is -0.123. The fourth-order valence-electron chi connectivity index (χ4n) is 5.38. The number of benzene rings is 3. The number of hydrogen-bond acceptors (Lipinski definition) is 6. The van der Waals surface area contributed by atoms with Gasteiger partial charge in [-0.15, -0.1) is 0 Å². The zero-order chi connectivity index (χ0) is 31.7. The van der Waals surface area contributed by atoms with Crippen molar-refractivity contribution in [2.45, 2.75) is 51.3 Å². The summed E-state index contributed by atoms with van der Waals surface area (Å²) in [6.07, 6.45) is 5.45. The maximum absolute atomic E-state index is 13.6. The second-order valence-corrected chi connectivity index (χ2v) is 21.8. The molecule has 0 spiro atoms. The molecule has 0 aromatic heterocycles. The average Bonchev–Trinajstić information content (AvgIpc) is 3.19. The van der Waals surface area contributed by atoms with E-state index in [0.29, 0.717) is 30.3 Å². The van der Waals surface area contributed by atoms with Gasteiger partial charge in [-0.05, 0) is 46.9 Å². The van der Waals surface area contributed by atoms with Crippen LogP contribution in [0.3, 0.4) is 0 Å². The Morgan fingerprint density at radius 1 is 0.955 bits per heavy atom. The second-order valence-electron chi connectivity index (χ2n) is 12.5. The molecule has 1 unspecified atom stereocenters. The Hall–Kier alpha value is -3.45. The molecule has 3 aromatic carbocycles. The van der Waals surface area contributed by atoms with E-state index in [1.807, 2.05) is 66.7 Å². The van der Waals surface area contributed by atoms with Crippen LogP contribution in [0.1, 0.15) is 22.3 Å². The minimum Gasteiger partial charge on any atom is -0.487 e. The van der Waals surface area contributed by atoms with Crippen LogP contribution in [0.2, 0.25) is 25.7 Å². The molecule has 0 bridgehead atoms. The van der Waals surface area contributed by atoms with Gasteiger partial charge in [0.1, 0.15) is 18.9 Å². The van der Waals surface area contributed by atoms with Crippen LogP contribution in [0, 0.1) is 0 Å². The van der Waals surface area contributed by atoms with Crippen molar-refractivity contribution in [3.05, 3.63) is 101 Å². The van der Waals surface area contributed by atoms with Gasteiger partial charge in [0.05, 0.1) is 11.9 Å². The first-order valence-electron chi connectivity index (χ1n) is 14.6. The van der Waals surface area contributed by atoms with Crippen molar-refractivity contribution in [2.24, 2.45) is 0 Å². The van der Waals surface area contributed by atoms with Crippen LogP contribution >= 0.6 is 0 Å². The van der Waals surface area contributed by atoms with Crippen LogP contribution in [0.25, 0.3) is 6.08 Å². The van der Waals surface area contributed by atoms with Crippen LogP contribution in [0.4, 0.5) is 5.69 Å². The van der Waals surface area contributed by atoms with Crippen LogP contribution in [0.5, 0.6) is 5.75 Å². The van der Waals surface area contributed by atoms with Gasteiger partial charge < -0.3 is 4.74 Å². The van der Waals surface area contributed by atoms with E-state index >= 15 is 0 Å². The van der Waals surface area contributed by atoms with E-state index in [2.05, 4.69) is 19.6 Å². The molecule has 9 nitrogen and oxygen atoms in total. The third kappa shape index (κ3) is 7.25. The van der Waals surface area contributed by atoms with Crippen LogP contribution < -0.4 is 9.04 Å². The van der Waals surface area contributed by atoms with E-state index in [1.165, 1.54) is 10.6 Å². The summed E-state index contributed by atoms with van der Waals surface area (Å²) in [6, 6.07) is 22.8. The molecule has 1 atom stereocenters. The molecule has 234 valence electrons. The molecule has 2 heterocycles. The fraction of sp³-hybridized carbons (Fsp3) is 0.344. The number of hydrogen-bond donors (Lipinski definition) is 0. The van der Waals surface area contributed by atoms with E-state index in [4.69, 9.17) is 4.74 Å². The highest BCUT2D eigenvalue weighted by atomic mass is 32.2. The maximum Gasteiger partial charge on any atom is 0.329 e. The predicted molar refractivity (Wildman–Crippen MR) is 177 cm³/mol. The van der Waals surface area contributed by atoms with Crippen molar-refractivity contribution >= 4 is 46.0 Å². The third-order valence-corrected chi connectivity index (χ3v) is 12.7. The molecule has 0 radical (unpaired) electrons. The lowest BCUT2D eigenvalue weighted by Crippen LogP contribution is -2.42. The highest BCUT2D eigenvalue weighted by Gasteiger charge is 2.44. The van der Waals surface area contributed by atoms with Gasteiger partial charge in [-0.3, -0.25) is 4.79 Å². The number of nitrogens with zero attached hydrogens (tertiary/aromatic N) is 3.